The summed E-state index contributed by atoms with van der Waals surface area (Å²) < 4.78 is 1.88. The summed E-state index contributed by atoms with van der Waals surface area (Å²) in [6.07, 6.45) is 3.80. The van der Waals surface area contributed by atoms with Gasteiger partial charge in [-0.15, -0.1) is 0 Å². The maximum Gasteiger partial charge on any atom is 0.267 e. The zero-order valence-corrected chi connectivity index (χ0v) is 13.7. The van der Waals surface area contributed by atoms with E-state index in [0.717, 1.165) is 10.7 Å². The van der Waals surface area contributed by atoms with Crippen LogP contribution in [0.4, 0.5) is 5.69 Å². The third-order valence-electron chi connectivity index (χ3n) is 3.19. The maximum atomic E-state index is 12.4. The van der Waals surface area contributed by atoms with Crippen molar-refractivity contribution < 1.29 is 4.79 Å². The number of thiazole rings is 1. The third-order valence-corrected chi connectivity index (χ3v) is 4.67. The molecule has 1 N–H and O–H groups in total. The SMILES string of the molecule is Cc1ccc(NC(=O)c2sc(-n3cccc3)nc2C)c(Cl)c1. The second-order valence-electron chi connectivity index (χ2n) is 4.94. The smallest absolute Gasteiger partial charge is 0.267 e. The zero-order chi connectivity index (χ0) is 15.7. The molecule has 112 valence electrons. The minimum absolute atomic E-state index is 0.195. The van der Waals surface area contributed by atoms with Crippen molar-refractivity contribution in [1.82, 2.24) is 9.55 Å². The van der Waals surface area contributed by atoms with Gasteiger partial charge in [-0.2, -0.15) is 0 Å². The highest BCUT2D eigenvalue weighted by Gasteiger charge is 2.17. The molecule has 0 aliphatic heterocycles. The average Bonchev–Trinajstić information content (AvgIpc) is 3.10. The summed E-state index contributed by atoms with van der Waals surface area (Å²) in [7, 11) is 0. The molecule has 6 heteroatoms. The number of carbonyl (C=O) groups excluding carboxylic acids is 1. The predicted molar refractivity (Wildman–Crippen MR) is 90.3 cm³/mol. The molecular weight excluding hydrogens is 318 g/mol. The maximum absolute atomic E-state index is 12.4. The monoisotopic (exact) mass is 331 g/mol. The molecule has 22 heavy (non-hydrogen) atoms. The second-order valence-corrected chi connectivity index (χ2v) is 6.32. The third kappa shape index (κ3) is 2.91. The Bertz CT molecular complexity index is 824. The van der Waals surface area contributed by atoms with Gasteiger partial charge >= 0.3 is 0 Å². The Morgan fingerprint density at radius 1 is 1.27 bits per heavy atom. The summed E-state index contributed by atoms with van der Waals surface area (Å²) in [5.41, 5.74) is 2.36. The van der Waals surface area contributed by atoms with Gasteiger partial charge in [0, 0.05) is 12.4 Å². The van der Waals surface area contributed by atoms with Crippen LogP contribution in [0.3, 0.4) is 0 Å². The Labute approximate surface area is 137 Å². The predicted octanol–water partition coefficient (Wildman–Crippen LogP) is 4.46. The Hall–Kier alpha value is -2.11. The van der Waals surface area contributed by atoms with Crippen LogP contribution in [0.25, 0.3) is 5.13 Å². The summed E-state index contributed by atoms with van der Waals surface area (Å²) in [5.74, 6) is -0.195. The van der Waals surface area contributed by atoms with E-state index in [1.54, 1.807) is 6.07 Å². The van der Waals surface area contributed by atoms with Gasteiger partial charge in [0.15, 0.2) is 5.13 Å². The molecule has 3 aromatic rings. The number of hydrogen-bond acceptors (Lipinski definition) is 3. The fraction of sp³-hybridized carbons (Fsp3) is 0.125. The standard InChI is InChI=1S/C16H14ClN3OS/c1-10-5-6-13(12(17)9-10)19-15(21)14-11(2)18-16(22-14)20-7-3-4-8-20/h3-9H,1-2H3,(H,19,21). The lowest BCUT2D eigenvalue weighted by molar-refractivity contribution is 0.103. The molecule has 2 heterocycles. The van der Waals surface area contributed by atoms with Gasteiger partial charge in [-0.05, 0) is 43.7 Å². The van der Waals surface area contributed by atoms with Crippen molar-refractivity contribution in [3.05, 3.63) is 63.9 Å². The number of hydrogen-bond donors (Lipinski definition) is 1. The minimum Gasteiger partial charge on any atom is -0.320 e. The largest absolute Gasteiger partial charge is 0.320 e. The number of carbonyl (C=O) groups is 1. The normalized spacial score (nSPS) is 10.7. The summed E-state index contributed by atoms with van der Waals surface area (Å²) in [6, 6.07) is 9.37. The van der Waals surface area contributed by atoms with E-state index in [4.69, 9.17) is 11.6 Å². The van der Waals surface area contributed by atoms with Gasteiger partial charge in [-0.1, -0.05) is 29.0 Å². The number of aromatic nitrogens is 2. The van der Waals surface area contributed by atoms with Crippen molar-refractivity contribution in [1.29, 1.82) is 0 Å². The Morgan fingerprint density at radius 2 is 2.00 bits per heavy atom. The quantitative estimate of drug-likeness (QED) is 0.770. The molecule has 3 rings (SSSR count). The molecule has 0 spiro atoms. The van der Waals surface area contributed by atoms with Gasteiger partial charge in [0.2, 0.25) is 0 Å². The van der Waals surface area contributed by atoms with Crippen molar-refractivity contribution in [2.75, 3.05) is 5.32 Å². The minimum atomic E-state index is -0.195. The molecule has 0 saturated heterocycles. The molecule has 0 unspecified atom stereocenters. The van der Waals surface area contributed by atoms with Crippen molar-refractivity contribution in [3.8, 4) is 5.13 Å². The Morgan fingerprint density at radius 3 is 2.68 bits per heavy atom. The van der Waals surface area contributed by atoms with Crippen LogP contribution in [0.2, 0.25) is 5.02 Å². The molecule has 0 aliphatic carbocycles. The summed E-state index contributed by atoms with van der Waals surface area (Å²) >= 11 is 7.51. The number of nitrogens with zero attached hydrogens (tertiary/aromatic N) is 2. The van der Waals surface area contributed by atoms with Crippen LogP contribution >= 0.6 is 22.9 Å². The molecule has 1 aromatic carbocycles. The van der Waals surface area contributed by atoms with Gasteiger partial charge in [-0.25, -0.2) is 4.98 Å². The molecule has 1 amide bonds. The molecular formula is C16H14ClN3OS. The van der Waals surface area contributed by atoms with E-state index in [1.807, 2.05) is 55.1 Å². The number of aryl methyl sites for hydroxylation is 2. The summed E-state index contributed by atoms with van der Waals surface area (Å²) in [6.45, 7) is 3.78. The highest BCUT2D eigenvalue weighted by Crippen LogP contribution is 2.26. The fourth-order valence-corrected chi connectivity index (χ4v) is 3.28. The molecule has 0 fully saturated rings. The molecule has 0 radical (unpaired) electrons. The lowest BCUT2D eigenvalue weighted by atomic mass is 10.2. The lowest BCUT2D eigenvalue weighted by Crippen LogP contribution is -2.11. The molecule has 0 saturated carbocycles. The van der Waals surface area contributed by atoms with Crippen LogP contribution in [0.5, 0.6) is 0 Å². The number of anilines is 1. The van der Waals surface area contributed by atoms with Gasteiger partial charge in [0.1, 0.15) is 4.88 Å². The van der Waals surface area contributed by atoms with Gasteiger partial charge in [0.05, 0.1) is 16.4 Å². The molecule has 4 nitrogen and oxygen atoms in total. The lowest BCUT2D eigenvalue weighted by Gasteiger charge is -2.06. The van der Waals surface area contributed by atoms with Crippen molar-refractivity contribution in [2.24, 2.45) is 0 Å². The van der Waals surface area contributed by atoms with Crippen LogP contribution in [0.1, 0.15) is 20.9 Å². The Balaban J connectivity index is 1.86. The van der Waals surface area contributed by atoms with Crippen LogP contribution in [0.15, 0.2) is 42.7 Å². The first-order valence-corrected chi connectivity index (χ1v) is 7.92. The first kappa shape index (κ1) is 14.8. The van der Waals surface area contributed by atoms with E-state index in [2.05, 4.69) is 10.3 Å². The Kier molecular flexibility index (Phi) is 4.00. The van der Waals surface area contributed by atoms with Crippen LogP contribution in [-0.2, 0) is 0 Å². The van der Waals surface area contributed by atoms with E-state index in [9.17, 15) is 4.79 Å². The highest BCUT2D eigenvalue weighted by atomic mass is 35.5. The number of benzene rings is 1. The molecule has 0 atom stereocenters. The van der Waals surface area contributed by atoms with Crippen LogP contribution in [0, 0.1) is 13.8 Å². The first-order valence-electron chi connectivity index (χ1n) is 6.73. The van der Waals surface area contributed by atoms with Crippen molar-refractivity contribution in [2.45, 2.75) is 13.8 Å². The first-order chi connectivity index (χ1) is 10.5. The second kappa shape index (κ2) is 5.94. The van der Waals surface area contributed by atoms with E-state index in [-0.39, 0.29) is 5.91 Å². The van der Waals surface area contributed by atoms with E-state index in [0.29, 0.717) is 21.3 Å². The number of amides is 1. The van der Waals surface area contributed by atoms with E-state index < -0.39 is 0 Å². The highest BCUT2D eigenvalue weighted by molar-refractivity contribution is 7.16. The zero-order valence-electron chi connectivity index (χ0n) is 12.1. The van der Waals surface area contributed by atoms with E-state index >= 15 is 0 Å². The number of halogens is 1. The molecule has 0 aliphatic rings. The molecule has 2 aromatic heterocycles. The van der Waals surface area contributed by atoms with Gasteiger partial charge in [0.25, 0.3) is 5.91 Å². The van der Waals surface area contributed by atoms with Crippen LogP contribution in [-0.4, -0.2) is 15.5 Å². The number of nitrogens with one attached hydrogen (secondary N) is 1. The number of rotatable bonds is 3. The van der Waals surface area contributed by atoms with Gasteiger partial charge < -0.3 is 9.88 Å². The van der Waals surface area contributed by atoms with Crippen molar-refractivity contribution >= 4 is 34.5 Å². The van der Waals surface area contributed by atoms with E-state index in [1.165, 1.54) is 11.3 Å². The van der Waals surface area contributed by atoms with Gasteiger partial charge in [-0.3, -0.25) is 4.79 Å². The van der Waals surface area contributed by atoms with Crippen LogP contribution < -0.4 is 5.32 Å². The van der Waals surface area contributed by atoms with Crippen molar-refractivity contribution in [3.63, 3.8) is 0 Å². The summed E-state index contributed by atoms with van der Waals surface area (Å²) in [5, 5.41) is 4.14. The topological polar surface area (TPSA) is 46.9 Å². The average molecular weight is 332 g/mol. The fourth-order valence-electron chi connectivity index (χ4n) is 2.07. The summed E-state index contributed by atoms with van der Waals surface area (Å²) in [4.78, 5) is 17.5. The molecule has 0 bridgehead atoms.